The first-order chi connectivity index (χ1) is 9.54. The van der Waals surface area contributed by atoms with E-state index in [9.17, 15) is 9.59 Å². The normalized spacial score (nSPS) is 12.3. The lowest BCUT2D eigenvalue weighted by atomic mass is 10.1. The lowest BCUT2D eigenvalue weighted by molar-refractivity contribution is -0.144. The number of carbonyl (C=O) groups excluding carboxylic acids is 2. The summed E-state index contributed by atoms with van der Waals surface area (Å²) < 4.78 is 6.48. The van der Waals surface area contributed by atoms with Crippen molar-refractivity contribution < 1.29 is 14.3 Å². The zero-order chi connectivity index (χ0) is 14.7. The number of ether oxygens (including phenoxy) is 1. The molecular weight excluding hydrogens is 256 g/mol. The van der Waals surface area contributed by atoms with Gasteiger partial charge in [0.05, 0.1) is 12.1 Å². The average molecular weight is 274 g/mol. The van der Waals surface area contributed by atoms with E-state index < -0.39 is 12.0 Å². The predicted octanol–water partition coefficient (Wildman–Crippen LogP) is 1.73. The van der Waals surface area contributed by atoms with Gasteiger partial charge in [-0.3, -0.25) is 14.2 Å². The molecule has 0 fully saturated rings. The van der Waals surface area contributed by atoms with Crippen molar-refractivity contribution in [3.8, 4) is 0 Å². The molecule has 1 aromatic heterocycles. The lowest BCUT2D eigenvalue weighted by Gasteiger charge is -2.09. The predicted molar refractivity (Wildman–Crippen MR) is 76.6 cm³/mol. The van der Waals surface area contributed by atoms with Crippen LogP contribution in [0.3, 0.4) is 0 Å². The maximum Gasteiger partial charge on any atom is 0.323 e. The van der Waals surface area contributed by atoms with Crippen molar-refractivity contribution in [2.24, 2.45) is 5.73 Å². The molecule has 5 nitrogen and oxygen atoms in total. The summed E-state index contributed by atoms with van der Waals surface area (Å²) in [5.74, 6) is -0.496. The van der Waals surface area contributed by atoms with E-state index in [0.717, 1.165) is 16.5 Å². The first-order valence-electron chi connectivity index (χ1n) is 6.56. The van der Waals surface area contributed by atoms with E-state index in [4.69, 9.17) is 10.5 Å². The quantitative estimate of drug-likeness (QED) is 0.862. The number of nitrogens with zero attached hydrogens (tertiary/aromatic N) is 1. The summed E-state index contributed by atoms with van der Waals surface area (Å²) in [6.07, 6.45) is 2.09. The molecule has 0 spiro atoms. The van der Waals surface area contributed by atoms with Gasteiger partial charge in [0.25, 0.3) is 0 Å². The summed E-state index contributed by atoms with van der Waals surface area (Å²) >= 11 is 0. The van der Waals surface area contributed by atoms with Crippen LogP contribution >= 0.6 is 0 Å². The Balaban J connectivity index is 2.35. The summed E-state index contributed by atoms with van der Waals surface area (Å²) in [6.45, 7) is 3.55. The number of fused-ring (bicyclic) bond motifs is 1. The topological polar surface area (TPSA) is 74.3 Å². The number of hydrogen-bond donors (Lipinski definition) is 1. The standard InChI is InChI=1S/C15H18N2O3/c1-3-20-15(19)13(16)8-11-9-17(10(2)18)14-7-5-4-6-12(11)14/h4-7,9,13H,3,8,16H2,1-2H3. The van der Waals surface area contributed by atoms with Crippen LogP contribution < -0.4 is 5.73 Å². The van der Waals surface area contributed by atoms with Crippen LogP contribution in [0, 0.1) is 0 Å². The maximum absolute atomic E-state index is 11.6. The number of aromatic nitrogens is 1. The molecule has 0 saturated heterocycles. The Kier molecular flexibility index (Phi) is 4.20. The van der Waals surface area contributed by atoms with Crippen LogP contribution in [-0.4, -0.2) is 29.1 Å². The molecule has 1 unspecified atom stereocenters. The van der Waals surface area contributed by atoms with E-state index in [-0.39, 0.29) is 5.91 Å². The number of rotatable bonds is 4. The minimum Gasteiger partial charge on any atom is -0.465 e. The highest BCUT2D eigenvalue weighted by Crippen LogP contribution is 2.22. The summed E-state index contributed by atoms with van der Waals surface area (Å²) in [7, 11) is 0. The van der Waals surface area contributed by atoms with Gasteiger partial charge >= 0.3 is 5.97 Å². The van der Waals surface area contributed by atoms with Crippen molar-refractivity contribution in [3.05, 3.63) is 36.0 Å². The molecule has 20 heavy (non-hydrogen) atoms. The van der Waals surface area contributed by atoms with E-state index in [2.05, 4.69) is 0 Å². The van der Waals surface area contributed by atoms with Crippen LogP contribution in [0.25, 0.3) is 10.9 Å². The maximum atomic E-state index is 11.6. The van der Waals surface area contributed by atoms with E-state index in [1.54, 1.807) is 17.7 Å². The summed E-state index contributed by atoms with van der Waals surface area (Å²) in [5, 5.41) is 0.933. The average Bonchev–Trinajstić information content (AvgIpc) is 2.78. The van der Waals surface area contributed by atoms with Crippen LogP contribution in [0.1, 0.15) is 24.2 Å². The van der Waals surface area contributed by atoms with Gasteiger partial charge in [0.1, 0.15) is 6.04 Å². The van der Waals surface area contributed by atoms with Crippen molar-refractivity contribution in [1.29, 1.82) is 0 Å². The van der Waals surface area contributed by atoms with Crippen molar-refractivity contribution in [3.63, 3.8) is 0 Å². The second kappa shape index (κ2) is 5.88. The Hall–Kier alpha value is -2.14. The Labute approximate surface area is 117 Å². The van der Waals surface area contributed by atoms with Gasteiger partial charge in [-0.2, -0.15) is 0 Å². The monoisotopic (exact) mass is 274 g/mol. The highest BCUT2D eigenvalue weighted by atomic mass is 16.5. The van der Waals surface area contributed by atoms with Crippen LogP contribution in [0.2, 0.25) is 0 Å². The second-order valence-electron chi connectivity index (χ2n) is 4.62. The fourth-order valence-electron chi connectivity index (χ4n) is 2.24. The molecule has 2 aromatic rings. The Bertz CT molecular complexity index is 646. The third-order valence-corrected chi connectivity index (χ3v) is 3.16. The van der Waals surface area contributed by atoms with E-state index in [1.165, 1.54) is 6.92 Å². The van der Waals surface area contributed by atoms with Gasteiger partial charge < -0.3 is 10.5 Å². The molecule has 0 aliphatic rings. The first-order valence-corrected chi connectivity index (χ1v) is 6.56. The molecule has 5 heteroatoms. The summed E-state index contributed by atoms with van der Waals surface area (Å²) in [6, 6.07) is 6.84. The van der Waals surface area contributed by atoms with E-state index in [1.807, 2.05) is 24.3 Å². The zero-order valence-corrected chi connectivity index (χ0v) is 11.6. The van der Waals surface area contributed by atoms with Gasteiger partial charge in [-0.05, 0) is 18.6 Å². The lowest BCUT2D eigenvalue weighted by Crippen LogP contribution is -2.34. The van der Waals surface area contributed by atoms with Crippen LogP contribution in [-0.2, 0) is 16.0 Å². The summed E-state index contributed by atoms with van der Waals surface area (Å²) in [5.41, 5.74) is 7.54. The fraction of sp³-hybridized carbons (Fsp3) is 0.333. The van der Waals surface area contributed by atoms with Crippen molar-refractivity contribution in [1.82, 2.24) is 4.57 Å². The molecule has 0 radical (unpaired) electrons. The third kappa shape index (κ3) is 2.72. The van der Waals surface area contributed by atoms with E-state index >= 15 is 0 Å². The van der Waals surface area contributed by atoms with Gasteiger partial charge in [0.15, 0.2) is 0 Å². The number of carbonyl (C=O) groups is 2. The smallest absolute Gasteiger partial charge is 0.323 e. The molecule has 2 rings (SSSR count). The Morgan fingerprint density at radius 3 is 2.70 bits per heavy atom. The molecule has 1 aromatic carbocycles. The molecule has 0 aliphatic heterocycles. The van der Waals surface area contributed by atoms with Crippen molar-refractivity contribution in [2.75, 3.05) is 6.61 Å². The SMILES string of the molecule is CCOC(=O)C(N)Cc1cn(C(C)=O)c2ccccc12. The van der Waals surface area contributed by atoms with Crippen LogP contribution in [0.15, 0.2) is 30.5 Å². The molecular formula is C15H18N2O3. The largest absolute Gasteiger partial charge is 0.465 e. The first kappa shape index (κ1) is 14.3. The molecule has 1 heterocycles. The number of hydrogen-bond acceptors (Lipinski definition) is 4. The third-order valence-electron chi connectivity index (χ3n) is 3.16. The van der Waals surface area contributed by atoms with E-state index in [0.29, 0.717) is 13.0 Å². The highest BCUT2D eigenvalue weighted by molar-refractivity contribution is 5.94. The van der Waals surface area contributed by atoms with Gasteiger partial charge in [0.2, 0.25) is 5.91 Å². The van der Waals surface area contributed by atoms with Gasteiger partial charge in [-0.1, -0.05) is 18.2 Å². The molecule has 0 aliphatic carbocycles. The van der Waals surface area contributed by atoms with Gasteiger partial charge in [0, 0.05) is 24.9 Å². The van der Waals surface area contributed by atoms with Crippen LogP contribution in [0.4, 0.5) is 0 Å². The van der Waals surface area contributed by atoms with Crippen molar-refractivity contribution >= 4 is 22.8 Å². The minimum absolute atomic E-state index is 0.0721. The second-order valence-corrected chi connectivity index (χ2v) is 4.62. The molecule has 106 valence electrons. The van der Waals surface area contributed by atoms with Crippen LogP contribution in [0.5, 0.6) is 0 Å². The zero-order valence-electron chi connectivity index (χ0n) is 11.6. The molecule has 2 N–H and O–H groups in total. The number of benzene rings is 1. The Morgan fingerprint density at radius 1 is 1.35 bits per heavy atom. The van der Waals surface area contributed by atoms with Gasteiger partial charge in [-0.15, -0.1) is 0 Å². The molecule has 0 saturated carbocycles. The van der Waals surface area contributed by atoms with Gasteiger partial charge in [-0.25, -0.2) is 0 Å². The van der Waals surface area contributed by atoms with Crippen molar-refractivity contribution in [2.45, 2.75) is 26.3 Å². The number of esters is 1. The molecule has 1 atom stereocenters. The number of para-hydroxylation sites is 1. The molecule has 0 bridgehead atoms. The summed E-state index contributed by atoms with van der Waals surface area (Å²) in [4.78, 5) is 23.2. The highest BCUT2D eigenvalue weighted by Gasteiger charge is 2.18. The Morgan fingerprint density at radius 2 is 2.05 bits per heavy atom. The minimum atomic E-state index is -0.721. The number of nitrogens with two attached hydrogens (primary N) is 1. The molecule has 0 amide bonds. The fourth-order valence-corrected chi connectivity index (χ4v) is 2.24.